The highest BCUT2D eigenvalue weighted by Gasteiger charge is 2.39. The summed E-state index contributed by atoms with van der Waals surface area (Å²) in [7, 11) is 1.57. The fraction of sp³-hybridized carbons (Fsp3) is 0.320. The van der Waals surface area contributed by atoms with Gasteiger partial charge in [-0.1, -0.05) is 6.07 Å². The van der Waals surface area contributed by atoms with E-state index in [1.165, 1.54) is 17.2 Å². The SMILES string of the molecule is COc1cc(C=C2OC(C)(C)CN([C@@H](C)c3ccnc(F)c3F)C2=O)ccc1-n1cnc(C)c1. The van der Waals surface area contributed by atoms with Gasteiger partial charge in [-0.05, 0) is 57.5 Å². The van der Waals surface area contributed by atoms with Crippen molar-refractivity contribution in [2.45, 2.75) is 39.3 Å². The van der Waals surface area contributed by atoms with Crippen LogP contribution in [-0.2, 0) is 9.53 Å². The molecule has 1 fully saturated rings. The molecule has 1 atom stereocenters. The van der Waals surface area contributed by atoms with Gasteiger partial charge in [-0.2, -0.15) is 4.39 Å². The average Bonchev–Trinajstić information content (AvgIpc) is 3.23. The molecule has 0 N–H and O–H groups in total. The lowest BCUT2D eigenvalue weighted by Crippen LogP contribution is -2.51. The van der Waals surface area contributed by atoms with Crippen molar-refractivity contribution < 1.29 is 23.0 Å². The van der Waals surface area contributed by atoms with Crippen molar-refractivity contribution in [2.24, 2.45) is 0 Å². The van der Waals surface area contributed by atoms with E-state index in [1.54, 1.807) is 32.5 Å². The number of carbonyl (C=O) groups excluding carboxylic acids is 1. The first kappa shape index (κ1) is 23.4. The minimum Gasteiger partial charge on any atom is -0.495 e. The minimum atomic E-state index is -1.19. The Kier molecular flexibility index (Phi) is 6.12. The van der Waals surface area contributed by atoms with Crippen LogP contribution in [0.5, 0.6) is 5.75 Å². The molecule has 0 saturated carbocycles. The molecule has 4 rings (SSSR count). The monoisotopic (exact) mass is 468 g/mol. The van der Waals surface area contributed by atoms with Crippen LogP contribution in [0.4, 0.5) is 8.78 Å². The number of aryl methyl sites for hydroxylation is 1. The quantitative estimate of drug-likeness (QED) is 0.404. The van der Waals surface area contributed by atoms with Crippen molar-refractivity contribution in [1.29, 1.82) is 0 Å². The van der Waals surface area contributed by atoms with Gasteiger partial charge in [0.15, 0.2) is 11.6 Å². The van der Waals surface area contributed by atoms with Gasteiger partial charge in [0.1, 0.15) is 11.4 Å². The number of halogens is 2. The van der Waals surface area contributed by atoms with Crippen molar-refractivity contribution in [2.75, 3.05) is 13.7 Å². The average molecular weight is 469 g/mol. The molecule has 0 unspecified atom stereocenters. The van der Waals surface area contributed by atoms with E-state index in [1.807, 2.05) is 43.7 Å². The molecule has 1 aromatic carbocycles. The van der Waals surface area contributed by atoms with E-state index in [-0.39, 0.29) is 17.9 Å². The zero-order chi connectivity index (χ0) is 24.6. The predicted octanol–water partition coefficient (Wildman–Crippen LogP) is 4.60. The van der Waals surface area contributed by atoms with Gasteiger partial charge < -0.3 is 18.9 Å². The molecule has 1 saturated heterocycles. The van der Waals surface area contributed by atoms with E-state index in [4.69, 9.17) is 9.47 Å². The molecule has 178 valence electrons. The summed E-state index contributed by atoms with van der Waals surface area (Å²) < 4.78 is 41.5. The number of hydrogen-bond donors (Lipinski definition) is 0. The molecule has 0 spiro atoms. The van der Waals surface area contributed by atoms with Crippen LogP contribution in [0.25, 0.3) is 11.8 Å². The van der Waals surface area contributed by atoms with Crippen molar-refractivity contribution in [3.63, 3.8) is 0 Å². The summed E-state index contributed by atoms with van der Waals surface area (Å²) in [5.41, 5.74) is 1.67. The Balaban J connectivity index is 1.69. The number of benzene rings is 1. The lowest BCUT2D eigenvalue weighted by atomic mass is 10.0. The number of ether oxygens (including phenoxy) is 2. The largest absolute Gasteiger partial charge is 0.495 e. The maximum absolute atomic E-state index is 14.4. The number of amides is 1. The number of carbonyl (C=O) groups is 1. The van der Waals surface area contributed by atoms with E-state index in [2.05, 4.69) is 9.97 Å². The van der Waals surface area contributed by atoms with Gasteiger partial charge in [-0.25, -0.2) is 14.4 Å². The van der Waals surface area contributed by atoms with E-state index in [9.17, 15) is 13.6 Å². The number of imidazole rings is 1. The highest BCUT2D eigenvalue weighted by atomic mass is 19.2. The number of rotatable bonds is 5. The summed E-state index contributed by atoms with van der Waals surface area (Å²) in [6.07, 6.45) is 6.39. The molecule has 34 heavy (non-hydrogen) atoms. The molecule has 1 amide bonds. The third-order valence-corrected chi connectivity index (χ3v) is 5.69. The number of hydrogen-bond acceptors (Lipinski definition) is 5. The fourth-order valence-electron chi connectivity index (χ4n) is 4.03. The topological polar surface area (TPSA) is 69.5 Å². The van der Waals surface area contributed by atoms with Gasteiger partial charge in [0.25, 0.3) is 5.91 Å². The van der Waals surface area contributed by atoms with Gasteiger partial charge in [-0.15, -0.1) is 0 Å². The van der Waals surface area contributed by atoms with Crippen LogP contribution in [0.2, 0.25) is 0 Å². The molecule has 3 aromatic rings. The molecule has 9 heteroatoms. The van der Waals surface area contributed by atoms with Crippen molar-refractivity contribution >= 4 is 12.0 Å². The maximum atomic E-state index is 14.4. The van der Waals surface area contributed by atoms with Gasteiger partial charge in [0.2, 0.25) is 5.95 Å². The number of pyridine rings is 1. The van der Waals surface area contributed by atoms with Crippen LogP contribution in [0.1, 0.15) is 43.6 Å². The van der Waals surface area contributed by atoms with Gasteiger partial charge in [0.05, 0.1) is 37.4 Å². The second kappa shape index (κ2) is 8.89. The van der Waals surface area contributed by atoms with Crippen molar-refractivity contribution in [1.82, 2.24) is 19.4 Å². The van der Waals surface area contributed by atoms with Crippen molar-refractivity contribution in [3.05, 3.63) is 77.3 Å². The molecule has 0 radical (unpaired) electrons. The molecule has 1 aliphatic heterocycles. The second-order valence-electron chi connectivity index (χ2n) is 8.84. The summed E-state index contributed by atoms with van der Waals surface area (Å²) in [5.74, 6) is -1.98. The first-order valence-corrected chi connectivity index (χ1v) is 10.8. The first-order chi connectivity index (χ1) is 16.1. The Hall–Kier alpha value is -3.75. The van der Waals surface area contributed by atoms with E-state index >= 15 is 0 Å². The van der Waals surface area contributed by atoms with E-state index < -0.39 is 29.3 Å². The van der Waals surface area contributed by atoms with Crippen LogP contribution >= 0.6 is 0 Å². The predicted molar refractivity (Wildman–Crippen MR) is 122 cm³/mol. The number of methoxy groups -OCH3 is 1. The Bertz CT molecular complexity index is 1270. The molecule has 3 heterocycles. The summed E-state index contributed by atoms with van der Waals surface area (Å²) in [6, 6.07) is 6.15. The molecular formula is C25H26F2N4O3. The highest BCUT2D eigenvalue weighted by molar-refractivity contribution is 5.97. The molecule has 0 aliphatic carbocycles. The molecule has 2 aromatic heterocycles. The van der Waals surface area contributed by atoms with Crippen LogP contribution in [0, 0.1) is 18.7 Å². The first-order valence-electron chi connectivity index (χ1n) is 10.8. The van der Waals surface area contributed by atoms with E-state index in [0.717, 1.165) is 11.4 Å². The van der Waals surface area contributed by atoms with Gasteiger partial charge in [0, 0.05) is 18.0 Å². The maximum Gasteiger partial charge on any atom is 0.289 e. The van der Waals surface area contributed by atoms with Crippen LogP contribution < -0.4 is 4.74 Å². The lowest BCUT2D eigenvalue weighted by Gasteiger charge is -2.42. The summed E-state index contributed by atoms with van der Waals surface area (Å²) in [4.78, 5) is 22.4. The molecular weight excluding hydrogens is 442 g/mol. The molecule has 7 nitrogen and oxygen atoms in total. The number of morpholine rings is 1. The summed E-state index contributed by atoms with van der Waals surface area (Å²) in [5, 5.41) is 0. The van der Waals surface area contributed by atoms with Crippen LogP contribution in [0.15, 0.2) is 48.7 Å². The Morgan fingerprint density at radius 2 is 2.00 bits per heavy atom. The Morgan fingerprint density at radius 3 is 2.68 bits per heavy atom. The smallest absolute Gasteiger partial charge is 0.289 e. The Morgan fingerprint density at radius 1 is 1.24 bits per heavy atom. The summed E-state index contributed by atoms with van der Waals surface area (Å²) >= 11 is 0. The molecule has 1 aliphatic rings. The van der Waals surface area contributed by atoms with Gasteiger partial charge >= 0.3 is 0 Å². The molecule has 0 bridgehead atoms. The van der Waals surface area contributed by atoms with Crippen LogP contribution in [-0.4, -0.2) is 44.6 Å². The summed E-state index contributed by atoms with van der Waals surface area (Å²) in [6.45, 7) is 7.42. The van der Waals surface area contributed by atoms with Crippen molar-refractivity contribution in [3.8, 4) is 11.4 Å². The highest BCUT2D eigenvalue weighted by Crippen LogP contribution is 2.34. The number of nitrogens with zero attached hydrogens (tertiary/aromatic N) is 4. The van der Waals surface area contributed by atoms with Gasteiger partial charge in [-0.3, -0.25) is 4.79 Å². The normalized spacial score (nSPS) is 17.6. The standard InChI is InChI=1S/C25H26F2N4O3/c1-15-12-30(14-29-15)19-7-6-17(10-20(19)33-5)11-21-24(32)31(13-25(3,4)34-21)16(2)18-8-9-28-23(27)22(18)26/h6-12,14,16H,13H2,1-5H3/t16-/m0/s1. The number of aromatic nitrogens is 3. The zero-order valence-electron chi connectivity index (χ0n) is 19.7. The second-order valence-corrected chi connectivity index (χ2v) is 8.84. The van der Waals surface area contributed by atoms with E-state index in [0.29, 0.717) is 11.3 Å². The Labute approximate surface area is 196 Å². The third kappa shape index (κ3) is 4.50. The third-order valence-electron chi connectivity index (χ3n) is 5.69. The lowest BCUT2D eigenvalue weighted by molar-refractivity contribution is -0.149. The zero-order valence-corrected chi connectivity index (χ0v) is 19.7. The fourth-order valence-corrected chi connectivity index (χ4v) is 4.03. The minimum absolute atomic E-state index is 0.0551. The van der Waals surface area contributed by atoms with Crippen LogP contribution in [0.3, 0.4) is 0 Å².